The molecule has 0 spiro atoms. The number of carbonyl (C=O) groups excluding carboxylic acids is 1. The molecule has 1 rings (SSSR count). The summed E-state index contributed by atoms with van der Waals surface area (Å²) in [5.74, 6) is 0. The summed E-state index contributed by atoms with van der Waals surface area (Å²) in [4.78, 5) is 10.2. The lowest BCUT2D eigenvalue weighted by Gasteiger charge is -1.98. The molecule has 0 atom stereocenters. The van der Waals surface area contributed by atoms with E-state index in [2.05, 4.69) is 15.9 Å². The lowest BCUT2D eigenvalue weighted by molar-refractivity contribution is -0.104. The molecule has 0 aromatic heterocycles. The highest BCUT2D eigenvalue weighted by molar-refractivity contribution is 9.10. The molecular formula is C10H9BrO. The first-order valence-electron chi connectivity index (χ1n) is 3.62. The van der Waals surface area contributed by atoms with Gasteiger partial charge in [-0.05, 0) is 36.3 Å². The van der Waals surface area contributed by atoms with Crippen LogP contribution in [0.2, 0.25) is 0 Å². The minimum Gasteiger partial charge on any atom is -0.299 e. The second-order valence-electron chi connectivity index (χ2n) is 2.49. The third kappa shape index (κ3) is 2.31. The Hall–Kier alpha value is -0.890. The molecule has 0 bridgehead atoms. The maximum absolute atomic E-state index is 10.2. The molecule has 2 heteroatoms. The standard InChI is InChI=1S/C10H9BrO/c1-8(6-7-12)9-2-4-10(11)5-3-9/h2-7H,1H3. The molecule has 0 aliphatic heterocycles. The van der Waals surface area contributed by atoms with Crippen LogP contribution in [0.5, 0.6) is 0 Å². The van der Waals surface area contributed by atoms with Crippen LogP contribution in [0.15, 0.2) is 34.8 Å². The number of carbonyl (C=O) groups is 1. The molecule has 62 valence electrons. The molecule has 1 aromatic rings. The fraction of sp³-hybridized carbons (Fsp3) is 0.100. The number of rotatable bonds is 2. The third-order valence-electron chi connectivity index (χ3n) is 1.62. The maximum atomic E-state index is 10.2. The highest BCUT2D eigenvalue weighted by Gasteiger charge is 1.93. The molecule has 0 N–H and O–H groups in total. The highest BCUT2D eigenvalue weighted by atomic mass is 79.9. The molecule has 0 radical (unpaired) electrons. The Bertz CT molecular complexity index is 298. The van der Waals surface area contributed by atoms with Gasteiger partial charge in [0.2, 0.25) is 0 Å². The van der Waals surface area contributed by atoms with E-state index in [0.29, 0.717) is 0 Å². The minimum absolute atomic E-state index is 0.803. The normalized spacial score (nSPS) is 11.3. The van der Waals surface area contributed by atoms with E-state index < -0.39 is 0 Å². The summed E-state index contributed by atoms with van der Waals surface area (Å²) >= 11 is 3.34. The highest BCUT2D eigenvalue weighted by Crippen LogP contribution is 2.16. The van der Waals surface area contributed by atoms with Gasteiger partial charge in [-0.1, -0.05) is 28.1 Å². The van der Waals surface area contributed by atoms with E-state index in [4.69, 9.17) is 0 Å². The zero-order chi connectivity index (χ0) is 8.97. The van der Waals surface area contributed by atoms with Crippen molar-refractivity contribution in [2.24, 2.45) is 0 Å². The first-order chi connectivity index (χ1) is 5.74. The summed E-state index contributed by atoms with van der Waals surface area (Å²) in [5, 5.41) is 0. The number of hydrogen-bond donors (Lipinski definition) is 0. The average molecular weight is 225 g/mol. The van der Waals surface area contributed by atoms with Gasteiger partial charge in [-0.3, -0.25) is 4.79 Å². The van der Waals surface area contributed by atoms with E-state index in [-0.39, 0.29) is 0 Å². The molecule has 0 heterocycles. The zero-order valence-electron chi connectivity index (χ0n) is 6.75. The van der Waals surface area contributed by atoms with Crippen molar-refractivity contribution in [3.63, 3.8) is 0 Å². The Morgan fingerprint density at radius 3 is 2.42 bits per heavy atom. The van der Waals surface area contributed by atoms with E-state index in [0.717, 1.165) is 21.9 Å². The quantitative estimate of drug-likeness (QED) is 0.558. The zero-order valence-corrected chi connectivity index (χ0v) is 8.34. The Kier molecular flexibility index (Phi) is 3.23. The smallest absolute Gasteiger partial charge is 0.143 e. The van der Waals surface area contributed by atoms with Crippen molar-refractivity contribution in [1.82, 2.24) is 0 Å². The number of allylic oxidation sites excluding steroid dienone is 2. The minimum atomic E-state index is 0.803. The lowest BCUT2D eigenvalue weighted by Crippen LogP contribution is -1.78. The fourth-order valence-electron chi connectivity index (χ4n) is 0.911. The molecule has 0 saturated carbocycles. The predicted molar refractivity (Wildman–Crippen MR) is 53.9 cm³/mol. The Labute approximate surface area is 80.2 Å². The second kappa shape index (κ2) is 4.21. The van der Waals surface area contributed by atoms with Gasteiger partial charge in [0.25, 0.3) is 0 Å². The number of aldehydes is 1. The van der Waals surface area contributed by atoms with E-state index >= 15 is 0 Å². The number of halogens is 1. The monoisotopic (exact) mass is 224 g/mol. The predicted octanol–water partition coefficient (Wildman–Crippen LogP) is 3.05. The maximum Gasteiger partial charge on any atom is 0.143 e. The Balaban J connectivity index is 2.97. The van der Waals surface area contributed by atoms with Gasteiger partial charge >= 0.3 is 0 Å². The Morgan fingerprint density at radius 1 is 1.33 bits per heavy atom. The van der Waals surface area contributed by atoms with Crippen molar-refractivity contribution >= 4 is 27.8 Å². The lowest BCUT2D eigenvalue weighted by atomic mass is 10.1. The van der Waals surface area contributed by atoms with Crippen LogP contribution in [0.4, 0.5) is 0 Å². The summed E-state index contributed by atoms with van der Waals surface area (Å²) in [6.07, 6.45) is 2.36. The SMILES string of the molecule is CC(=CC=O)c1ccc(Br)cc1. The van der Waals surface area contributed by atoms with Crippen LogP contribution in [0.25, 0.3) is 5.57 Å². The molecule has 0 aliphatic rings. The summed E-state index contributed by atoms with van der Waals surface area (Å²) in [6, 6.07) is 7.85. The van der Waals surface area contributed by atoms with Gasteiger partial charge in [0.1, 0.15) is 6.29 Å². The molecule has 0 aliphatic carbocycles. The van der Waals surface area contributed by atoms with Crippen LogP contribution in [-0.2, 0) is 4.79 Å². The molecule has 0 fully saturated rings. The summed E-state index contributed by atoms with van der Waals surface area (Å²) in [6.45, 7) is 1.91. The summed E-state index contributed by atoms with van der Waals surface area (Å²) in [7, 11) is 0. The largest absolute Gasteiger partial charge is 0.299 e. The van der Waals surface area contributed by atoms with Crippen molar-refractivity contribution in [3.8, 4) is 0 Å². The first-order valence-corrected chi connectivity index (χ1v) is 4.41. The molecule has 0 amide bonds. The first kappa shape index (κ1) is 9.20. The van der Waals surface area contributed by atoms with Crippen LogP contribution >= 0.6 is 15.9 Å². The molecule has 12 heavy (non-hydrogen) atoms. The van der Waals surface area contributed by atoms with Gasteiger partial charge < -0.3 is 0 Å². The van der Waals surface area contributed by atoms with Crippen LogP contribution in [-0.4, -0.2) is 6.29 Å². The van der Waals surface area contributed by atoms with Crippen molar-refractivity contribution in [2.75, 3.05) is 0 Å². The van der Waals surface area contributed by atoms with Gasteiger partial charge in [0, 0.05) is 4.47 Å². The van der Waals surface area contributed by atoms with E-state index in [1.807, 2.05) is 31.2 Å². The van der Waals surface area contributed by atoms with Crippen molar-refractivity contribution in [2.45, 2.75) is 6.92 Å². The van der Waals surface area contributed by atoms with E-state index in [1.54, 1.807) is 6.08 Å². The summed E-state index contributed by atoms with van der Waals surface area (Å²) in [5.41, 5.74) is 2.06. The van der Waals surface area contributed by atoms with Gasteiger partial charge in [0.15, 0.2) is 0 Å². The molecule has 0 saturated heterocycles. The topological polar surface area (TPSA) is 17.1 Å². The fourth-order valence-corrected chi connectivity index (χ4v) is 1.18. The van der Waals surface area contributed by atoms with E-state index in [1.165, 1.54) is 0 Å². The summed E-state index contributed by atoms with van der Waals surface area (Å²) < 4.78 is 1.05. The van der Waals surface area contributed by atoms with Crippen molar-refractivity contribution in [3.05, 3.63) is 40.4 Å². The van der Waals surface area contributed by atoms with Gasteiger partial charge in [-0.25, -0.2) is 0 Å². The second-order valence-corrected chi connectivity index (χ2v) is 3.41. The molecule has 1 aromatic carbocycles. The third-order valence-corrected chi connectivity index (χ3v) is 2.15. The van der Waals surface area contributed by atoms with Gasteiger partial charge in [0.05, 0.1) is 0 Å². The van der Waals surface area contributed by atoms with Crippen LogP contribution in [0, 0.1) is 0 Å². The molecule has 0 unspecified atom stereocenters. The van der Waals surface area contributed by atoms with Gasteiger partial charge in [-0.2, -0.15) is 0 Å². The van der Waals surface area contributed by atoms with Gasteiger partial charge in [-0.15, -0.1) is 0 Å². The van der Waals surface area contributed by atoms with Crippen LogP contribution in [0.3, 0.4) is 0 Å². The van der Waals surface area contributed by atoms with Crippen LogP contribution in [0.1, 0.15) is 12.5 Å². The van der Waals surface area contributed by atoms with Crippen molar-refractivity contribution < 1.29 is 4.79 Å². The van der Waals surface area contributed by atoms with Crippen LogP contribution < -0.4 is 0 Å². The average Bonchev–Trinajstić information content (AvgIpc) is 2.06. The molecular weight excluding hydrogens is 216 g/mol. The Morgan fingerprint density at radius 2 is 1.92 bits per heavy atom. The molecule has 1 nitrogen and oxygen atoms in total. The number of hydrogen-bond acceptors (Lipinski definition) is 1. The van der Waals surface area contributed by atoms with Crippen molar-refractivity contribution in [1.29, 1.82) is 0 Å². The van der Waals surface area contributed by atoms with E-state index in [9.17, 15) is 4.79 Å². The number of benzene rings is 1.